The molecule has 0 atom stereocenters. The Morgan fingerprint density at radius 2 is 1.08 bits per heavy atom. The zero-order chi connectivity index (χ0) is 19.0. The Balaban J connectivity index is 0.000000260. The molecule has 0 saturated carbocycles. The largest absolute Gasteiger partial charge is 0.466 e. The smallest absolute Gasteiger partial charge is 0.307 e. The SMILES string of the molecule is CCOC(=O)CCN1CCOCC1.CCOC(=O)CCN1CCOCC1. The molecule has 8 heteroatoms. The number of hydrogen-bond acceptors (Lipinski definition) is 8. The highest BCUT2D eigenvalue weighted by atomic mass is 16.5. The standard InChI is InChI=1S/2C9H17NO3/c2*1-2-13-9(11)3-4-10-5-7-12-8-6-10/h2*2-8H2,1H3. The van der Waals surface area contributed by atoms with Crippen molar-refractivity contribution < 1.29 is 28.5 Å². The van der Waals surface area contributed by atoms with E-state index in [9.17, 15) is 9.59 Å². The second-order valence-corrected chi connectivity index (χ2v) is 6.02. The second kappa shape index (κ2) is 14.9. The first kappa shape index (κ1) is 22.8. The van der Waals surface area contributed by atoms with Gasteiger partial charge < -0.3 is 18.9 Å². The van der Waals surface area contributed by atoms with E-state index in [4.69, 9.17) is 18.9 Å². The summed E-state index contributed by atoms with van der Waals surface area (Å²) in [7, 11) is 0. The topological polar surface area (TPSA) is 77.5 Å². The summed E-state index contributed by atoms with van der Waals surface area (Å²) in [5.74, 6) is -0.206. The summed E-state index contributed by atoms with van der Waals surface area (Å²) in [6.45, 7) is 13.0. The Morgan fingerprint density at radius 3 is 1.38 bits per heavy atom. The second-order valence-electron chi connectivity index (χ2n) is 6.02. The van der Waals surface area contributed by atoms with Gasteiger partial charge in [-0.2, -0.15) is 0 Å². The van der Waals surface area contributed by atoms with Gasteiger partial charge in [-0.05, 0) is 13.8 Å². The van der Waals surface area contributed by atoms with E-state index in [1.807, 2.05) is 13.8 Å². The van der Waals surface area contributed by atoms with Crippen molar-refractivity contribution in [2.45, 2.75) is 26.7 Å². The molecule has 26 heavy (non-hydrogen) atoms. The molecule has 0 aromatic heterocycles. The van der Waals surface area contributed by atoms with Gasteiger partial charge in [-0.3, -0.25) is 19.4 Å². The predicted octanol–water partition coefficient (Wildman–Crippen LogP) is 0.544. The van der Waals surface area contributed by atoms with Crippen LogP contribution < -0.4 is 0 Å². The van der Waals surface area contributed by atoms with Crippen LogP contribution in [0.15, 0.2) is 0 Å². The third-order valence-corrected chi connectivity index (χ3v) is 4.08. The van der Waals surface area contributed by atoms with Crippen molar-refractivity contribution in [2.75, 3.05) is 78.9 Å². The summed E-state index contributed by atoms with van der Waals surface area (Å²) in [6, 6.07) is 0. The van der Waals surface area contributed by atoms with Gasteiger partial charge in [-0.1, -0.05) is 0 Å². The number of nitrogens with zero attached hydrogens (tertiary/aromatic N) is 2. The van der Waals surface area contributed by atoms with Gasteiger partial charge in [-0.25, -0.2) is 0 Å². The molecule has 0 radical (unpaired) electrons. The minimum atomic E-state index is -0.103. The van der Waals surface area contributed by atoms with Gasteiger partial charge in [0.25, 0.3) is 0 Å². The molecular formula is C18H34N2O6. The molecule has 0 aromatic carbocycles. The molecule has 152 valence electrons. The highest BCUT2D eigenvalue weighted by molar-refractivity contribution is 5.69. The Morgan fingerprint density at radius 1 is 0.731 bits per heavy atom. The molecule has 2 fully saturated rings. The number of morpholine rings is 2. The van der Waals surface area contributed by atoms with E-state index in [1.165, 1.54) is 0 Å². The Kier molecular flexibility index (Phi) is 13.1. The average molecular weight is 374 g/mol. The minimum absolute atomic E-state index is 0.103. The summed E-state index contributed by atoms with van der Waals surface area (Å²) in [4.78, 5) is 26.5. The maximum atomic E-state index is 11.0. The summed E-state index contributed by atoms with van der Waals surface area (Å²) in [5.41, 5.74) is 0. The lowest BCUT2D eigenvalue weighted by Gasteiger charge is -2.25. The summed E-state index contributed by atoms with van der Waals surface area (Å²) in [5, 5.41) is 0. The fourth-order valence-electron chi connectivity index (χ4n) is 2.61. The molecule has 2 aliphatic heterocycles. The predicted molar refractivity (Wildman–Crippen MR) is 97.0 cm³/mol. The van der Waals surface area contributed by atoms with Crippen LogP contribution in [0.2, 0.25) is 0 Å². The highest BCUT2D eigenvalue weighted by Gasteiger charge is 2.12. The first-order valence-electron chi connectivity index (χ1n) is 9.57. The summed E-state index contributed by atoms with van der Waals surface area (Å²) in [6.07, 6.45) is 0.988. The lowest BCUT2D eigenvalue weighted by molar-refractivity contribution is -0.144. The quantitative estimate of drug-likeness (QED) is 0.570. The van der Waals surface area contributed by atoms with Crippen molar-refractivity contribution in [3.05, 3.63) is 0 Å². The molecule has 2 aliphatic rings. The van der Waals surface area contributed by atoms with Crippen LogP contribution in [0.1, 0.15) is 26.7 Å². The monoisotopic (exact) mass is 374 g/mol. The third kappa shape index (κ3) is 11.4. The lowest BCUT2D eigenvalue weighted by Crippen LogP contribution is -2.37. The van der Waals surface area contributed by atoms with Crippen LogP contribution in [0, 0.1) is 0 Å². The van der Waals surface area contributed by atoms with Crippen molar-refractivity contribution in [1.82, 2.24) is 9.80 Å². The lowest BCUT2D eigenvalue weighted by atomic mass is 10.3. The van der Waals surface area contributed by atoms with Crippen LogP contribution in [0.5, 0.6) is 0 Å². The molecule has 2 heterocycles. The number of ether oxygens (including phenoxy) is 4. The fourth-order valence-corrected chi connectivity index (χ4v) is 2.61. The molecule has 0 aliphatic carbocycles. The third-order valence-electron chi connectivity index (χ3n) is 4.08. The van der Waals surface area contributed by atoms with E-state index in [0.29, 0.717) is 26.1 Å². The first-order valence-corrected chi connectivity index (χ1v) is 9.57. The molecule has 8 nitrogen and oxygen atoms in total. The van der Waals surface area contributed by atoms with Crippen LogP contribution in [0.4, 0.5) is 0 Å². The van der Waals surface area contributed by atoms with Gasteiger partial charge >= 0.3 is 11.9 Å². The molecular weight excluding hydrogens is 340 g/mol. The number of hydrogen-bond donors (Lipinski definition) is 0. The van der Waals surface area contributed by atoms with Crippen molar-refractivity contribution >= 4 is 11.9 Å². The van der Waals surface area contributed by atoms with Crippen LogP contribution in [-0.2, 0) is 28.5 Å². The van der Waals surface area contributed by atoms with Gasteiger partial charge in [0.05, 0.1) is 52.5 Å². The maximum absolute atomic E-state index is 11.0. The number of esters is 2. The van der Waals surface area contributed by atoms with Crippen LogP contribution >= 0.6 is 0 Å². The van der Waals surface area contributed by atoms with E-state index in [-0.39, 0.29) is 11.9 Å². The van der Waals surface area contributed by atoms with Gasteiger partial charge in [0.1, 0.15) is 0 Å². The molecule has 0 spiro atoms. The van der Waals surface area contributed by atoms with Gasteiger partial charge in [0, 0.05) is 39.3 Å². The molecule has 0 unspecified atom stereocenters. The molecule has 0 amide bonds. The summed E-state index contributed by atoms with van der Waals surface area (Å²) < 4.78 is 20.1. The highest BCUT2D eigenvalue weighted by Crippen LogP contribution is 1.99. The van der Waals surface area contributed by atoms with Crippen LogP contribution in [0.3, 0.4) is 0 Å². The Bertz CT molecular complexity index is 346. The fraction of sp³-hybridized carbons (Fsp3) is 0.889. The van der Waals surface area contributed by atoms with Crippen molar-refractivity contribution in [1.29, 1.82) is 0 Å². The Hall–Kier alpha value is -1.22. The van der Waals surface area contributed by atoms with E-state index in [2.05, 4.69) is 9.80 Å². The van der Waals surface area contributed by atoms with E-state index >= 15 is 0 Å². The molecule has 0 aromatic rings. The van der Waals surface area contributed by atoms with Crippen molar-refractivity contribution in [3.63, 3.8) is 0 Å². The molecule has 2 rings (SSSR count). The zero-order valence-electron chi connectivity index (χ0n) is 16.2. The van der Waals surface area contributed by atoms with Gasteiger partial charge in [-0.15, -0.1) is 0 Å². The van der Waals surface area contributed by atoms with E-state index in [0.717, 1.165) is 65.7 Å². The minimum Gasteiger partial charge on any atom is -0.466 e. The molecule has 0 bridgehead atoms. The average Bonchev–Trinajstić information content (AvgIpc) is 2.67. The maximum Gasteiger partial charge on any atom is 0.307 e. The van der Waals surface area contributed by atoms with Crippen molar-refractivity contribution in [3.8, 4) is 0 Å². The normalized spacial score (nSPS) is 18.5. The number of carbonyl (C=O) groups excluding carboxylic acids is 2. The van der Waals surface area contributed by atoms with Gasteiger partial charge in [0.2, 0.25) is 0 Å². The van der Waals surface area contributed by atoms with Crippen molar-refractivity contribution in [2.24, 2.45) is 0 Å². The Labute approximate surface area is 156 Å². The van der Waals surface area contributed by atoms with Crippen LogP contribution in [-0.4, -0.2) is 101 Å². The van der Waals surface area contributed by atoms with E-state index in [1.54, 1.807) is 0 Å². The number of carbonyl (C=O) groups is 2. The van der Waals surface area contributed by atoms with Crippen LogP contribution in [0.25, 0.3) is 0 Å². The molecule has 0 N–H and O–H groups in total. The van der Waals surface area contributed by atoms with Gasteiger partial charge in [0.15, 0.2) is 0 Å². The van der Waals surface area contributed by atoms with E-state index < -0.39 is 0 Å². The summed E-state index contributed by atoms with van der Waals surface area (Å²) >= 11 is 0. The zero-order valence-corrected chi connectivity index (χ0v) is 16.2. The number of rotatable bonds is 8. The molecule has 2 saturated heterocycles. The first-order chi connectivity index (χ1) is 12.7.